The number of rotatable bonds is 13. The Morgan fingerprint density at radius 2 is 1.79 bits per heavy atom. The lowest BCUT2D eigenvalue weighted by molar-refractivity contribution is 0.0129. The van der Waals surface area contributed by atoms with Crippen LogP contribution in [0.4, 0.5) is 0 Å². The summed E-state index contributed by atoms with van der Waals surface area (Å²) in [7, 11) is 3.27. The molecule has 1 amide bonds. The van der Waals surface area contributed by atoms with Gasteiger partial charge in [-0.2, -0.15) is 0 Å². The SMILES string of the molecule is COCCCOc1cc(C(=O)N(C[C@@H]2CNC[C@H]2OCc2ccc3ccccc3c2)C(C)C)ccc1OC. The van der Waals surface area contributed by atoms with E-state index in [1.165, 1.54) is 10.8 Å². The van der Waals surface area contributed by atoms with Crippen LogP contribution < -0.4 is 14.8 Å². The molecule has 4 rings (SSSR count). The summed E-state index contributed by atoms with van der Waals surface area (Å²) in [5, 5.41) is 5.90. The molecule has 7 heteroatoms. The van der Waals surface area contributed by atoms with E-state index in [1.54, 1.807) is 32.4 Å². The minimum absolute atomic E-state index is 0.0235. The fourth-order valence-electron chi connectivity index (χ4n) is 4.87. The average Bonchev–Trinajstić information content (AvgIpc) is 3.39. The fraction of sp³-hybridized carbons (Fsp3) is 0.452. The zero-order valence-electron chi connectivity index (χ0n) is 22.9. The highest BCUT2D eigenvalue weighted by atomic mass is 16.5. The van der Waals surface area contributed by atoms with E-state index in [2.05, 4.69) is 61.6 Å². The van der Waals surface area contributed by atoms with E-state index in [0.717, 1.165) is 25.1 Å². The number of ether oxygens (including phenoxy) is 4. The molecule has 2 atom stereocenters. The molecule has 1 aliphatic rings. The van der Waals surface area contributed by atoms with E-state index in [4.69, 9.17) is 18.9 Å². The molecule has 0 spiro atoms. The van der Waals surface area contributed by atoms with Crippen molar-refractivity contribution in [2.75, 3.05) is 47.1 Å². The van der Waals surface area contributed by atoms with Crippen LogP contribution in [0.2, 0.25) is 0 Å². The molecule has 1 fully saturated rings. The lowest BCUT2D eigenvalue weighted by atomic mass is 10.0. The number of nitrogens with one attached hydrogen (secondary N) is 1. The molecule has 3 aromatic carbocycles. The van der Waals surface area contributed by atoms with Crippen molar-refractivity contribution in [3.05, 3.63) is 71.8 Å². The highest BCUT2D eigenvalue weighted by Crippen LogP contribution is 2.29. The molecule has 3 aromatic rings. The van der Waals surface area contributed by atoms with E-state index in [9.17, 15) is 4.79 Å². The molecule has 7 nitrogen and oxygen atoms in total. The number of methoxy groups -OCH3 is 2. The van der Waals surface area contributed by atoms with Crippen molar-refractivity contribution < 1.29 is 23.7 Å². The van der Waals surface area contributed by atoms with E-state index in [-0.39, 0.29) is 24.0 Å². The molecule has 38 heavy (non-hydrogen) atoms. The van der Waals surface area contributed by atoms with Gasteiger partial charge in [0.2, 0.25) is 0 Å². The van der Waals surface area contributed by atoms with E-state index < -0.39 is 0 Å². The lowest BCUT2D eigenvalue weighted by Gasteiger charge is -2.31. The average molecular weight is 521 g/mol. The van der Waals surface area contributed by atoms with Crippen LogP contribution in [0.1, 0.15) is 36.2 Å². The van der Waals surface area contributed by atoms with Crippen LogP contribution in [-0.4, -0.2) is 70.0 Å². The first-order chi connectivity index (χ1) is 18.5. The normalized spacial score (nSPS) is 17.2. The number of amides is 1. The Balaban J connectivity index is 1.41. The summed E-state index contributed by atoms with van der Waals surface area (Å²) in [5.41, 5.74) is 1.74. The minimum Gasteiger partial charge on any atom is -0.493 e. The summed E-state index contributed by atoms with van der Waals surface area (Å²) in [4.78, 5) is 15.6. The van der Waals surface area contributed by atoms with Crippen molar-refractivity contribution in [3.8, 4) is 11.5 Å². The molecule has 0 saturated carbocycles. The van der Waals surface area contributed by atoms with E-state index >= 15 is 0 Å². The molecule has 0 aliphatic carbocycles. The molecular formula is C31H40N2O5. The van der Waals surface area contributed by atoms with Crippen LogP contribution in [0, 0.1) is 5.92 Å². The van der Waals surface area contributed by atoms with Gasteiger partial charge >= 0.3 is 0 Å². The second kappa shape index (κ2) is 13.6. The molecule has 0 radical (unpaired) electrons. The summed E-state index contributed by atoms with van der Waals surface area (Å²) in [6, 6.07) is 20.2. The van der Waals surface area contributed by atoms with Gasteiger partial charge in [0.15, 0.2) is 11.5 Å². The summed E-state index contributed by atoms with van der Waals surface area (Å²) in [6.45, 7) is 7.96. The van der Waals surface area contributed by atoms with Crippen molar-refractivity contribution in [1.82, 2.24) is 10.2 Å². The summed E-state index contributed by atoms with van der Waals surface area (Å²) in [5.74, 6) is 1.35. The number of benzene rings is 3. The molecular weight excluding hydrogens is 480 g/mol. The van der Waals surface area contributed by atoms with Crippen molar-refractivity contribution >= 4 is 16.7 Å². The summed E-state index contributed by atoms with van der Waals surface area (Å²) >= 11 is 0. The smallest absolute Gasteiger partial charge is 0.254 e. The molecule has 204 valence electrons. The summed E-state index contributed by atoms with van der Waals surface area (Å²) < 4.78 is 22.8. The van der Waals surface area contributed by atoms with Gasteiger partial charge in [0.05, 0.1) is 26.4 Å². The standard InChI is InChI=1S/C31H40N2O5/c1-22(2)33(31(34)26-12-13-28(36-4)29(17-26)37-15-7-14-35-3)20-27-18-32-19-30(27)38-21-23-10-11-24-8-5-6-9-25(24)16-23/h5-6,8-13,16-17,22,27,30,32H,7,14-15,18-21H2,1-4H3/t27-,30+/m0/s1. The van der Waals surface area contributed by atoms with Crippen molar-refractivity contribution in [2.24, 2.45) is 5.92 Å². The largest absolute Gasteiger partial charge is 0.493 e. The Hall–Kier alpha value is -3.13. The molecule has 0 unspecified atom stereocenters. The molecule has 1 saturated heterocycles. The quantitative estimate of drug-likeness (QED) is 0.323. The first kappa shape index (κ1) is 27.9. The van der Waals surface area contributed by atoms with Crippen molar-refractivity contribution in [2.45, 2.75) is 39.0 Å². The predicted molar refractivity (Wildman–Crippen MR) is 150 cm³/mol. The highest BCUT2D eigenvalue weighted by Gasteiger charge is 2.32. The first-order valence-electron chi connectivity index (χ1n) is 13.4. The maximum atomic E-state index is 13.7. The molecule has 0 aromatic heterocycles. The Morgan fingerprint density at radius 3 is 2.55 bits per heavy atom. The van der Waals surface area contributed by atoms with Crippen LogP contribution in [-0.2, 0) is 16.1 Å². The second-order valence-corrected chi connectivity index (χ2v) is 10.1. The number of fused-ring (bicyclic) bond motifs is 1. The second-order valence-electron chi connectivity index (χ2n) is 10.1. The van der Waals surface area contributed by atoms with Gasteiger partial charge in [0.25, 0.3) is 5.91 Å². The number of hydrogen-bond acceptors (Lipinski definition) is 6. The van der Waals surface area contributed by atoms with E-state index in [0.29, 0.717) is 43.4 Å². The van der Waals surface area contributed by atoms with Crippen LogP contribution in [0.15, 0.2) is 60.7 Å². The highest BCUT2D eigenvalue weighted by molar-refractivity contribution is 5.95. The maximum Gasteiger partial charge on any atom is 0.254 e. The third kappa shape index (κ3) is 7.04. The van der Waals surface area contributed by atoms with Gasteiger partial charge in [-0.15, -0.1) is 0 Å². The fourth-order valence-corrected chi connectivity index (χ4v) is 4.87. The topological polar surface area (TPSA) is 69.3 Å². The minimum atomic E-state index is -0.0235. The zero-order chi connectivity index (χ0) is 26.9. The Morgan fingerprint density at radius 1 is 0.974 bits per heavy atom. The van der Waals surface area contributed by atoms with Crippen molar-refractivity contribution in [1.29, 1.82) is 0 Å². The Bertz CT molecular complexity index is 1200. The van der Waals surface area contributed by atoms with Crippen LogP contribution in [0.5, 0.6) is 11.5 Å². The Labute approximate surface area is 226 Å². The Kier molecular flexibility index (Phi) is 9.98. The van der Waals surface area contributed by atoms with Gasteiger partial charge in [-0.1, -0.05) is 36.4 Å². The van der Waals surface area contributed by atoms with Gasteiger partial charge < -0.3 is 29.2 Å². The van der Waals surface area contributed by atoms with Gasteiger partial charge in [-0.05, 0) is 54.4 Å². The monoisotopic (exact) mass is 520 g/mol. The lowest BCUT2D eigenvalue weighted by Crippen LogP contribution is -2.43. The van der Waals surface area contributed by atoms with Crippen LogP contribution in [0.25, 0.3) is 10.8 Å². The molecule has 1 N–H and O–H groups in total. The third-order valence-electron chi connectivity index (χ3n) is 7.03. The van der Waals surface area contributed by atoms with Crippen LogP contribution >= 0.6 is 0 Å². The molecule has 1 aliphatic heterocycles. The van der Waals surface area contributed by atoms with Crippen molar-refractivity contribution in [3.63, 3.8) is 0 Å². The number of carbonyl (C=O) groups excluding carboxylic acids is 1. The zero-order valence-corrected chi connectivity index (χ0v) is 22.9. The predicted octanol–water partition coefficient (Wildman–Crippen LogP) is 4.92. The number of nitrogens with zero attached hydrogens (tertiary/aromatic N) is 1. The maximum absolute atomic E-state index is 13.7. The third-order valence-corrected chi connectivity index (χ3v) is 7.03. The van der Waals surface area contributed by atoms with Gasteiger partial charge in [-0.25, -0.2) is 0 Å². The van der Waals surface area contributed by atoms with E-state index in [1.807, 2.05) is 4.90 Å². The van der Waals surface area contributed by atoms with Gasteiger partial charge in [-0.3, -0.25) is 4.79 Å². The molecule has 0 bridgehead atoms. The van der Waals surface area contributed by atoms with Gasteiger partial charge in [0, 0.05) is 57.3 Å². The first-order valence-corrected chi connectivity index (χ1v) is 13.4. The molecule has 1 heterocycles. The van der Waals surface area contributed by atoms with Gasteiger partial charge in [0.1, 0.15) is 0 Å². The van der Waals surface area contributed by atoms with Crippen LogP contribution in [0.3, 0.4) is 0 Å². The number of hydrogen-bond donors (Lipinski definition) is 1. The summed E-state index contributed by atoms with van der Waals surface area (Å²) in [6.07, 6.45) is 0.789. The number of carbonyl (C=O) groups is 1.